The van der Waals surface area contributed by atoms with Gasteiger partial charge in [0.2, 0.25) is 0 Å². The molecule has 2 atom stereocenters. The molecule has 0 amide bonds. The van der Waals surface area contributed by atoms with E-state index in [-0.39, 0.29) is 44.7 Å². The van der Waals surface area contributed by atoms with Gasteiger partial charge >= 0.3 is 0 Å². The second-order valence-electron chi connectivity index (χ2n) is 3.18. The van der Waals surface area contributed by atoms with Gasteiger partial charge in [-0.1, -0.05) is 6.07 Å². The van der Waals surface area contributed by atoms with Gasteiger partial charge in [0.1, 0.15) is 0 Å². The Morgan fingerprint density at radius 2 is 1.85 bits per heavy atom. The maximum atomic E-state index is 12.7. The monoisotopic (exact) mass is 258 g/mol. The Morgan fingerprint density at radius 1 is 1.23 bits per heavy atom. The minimum atomic E-state index is -0.798. The average Bonchev–Trinajstić information content (AvgIpc) is 2.73. The van der Waals surface area contributed by atoms with Gasteiger partial charge in [0.15, 0.2) is 11.6 Å². The fraction of sp³-hybridized carbons (Fsp3) is 0.333. The van der Waals surface area contributed by atoms with Crippen molar-refractivity contribution in [3.63, 3.8) is 0 Å². The molecule has 0 bridgehead atoms. The van der Waals surface area contributed by atoms with Crippen molar-refractivity contribution in [2.75, 3.05) is 0 Å². The molecule has 13 heavy (non-hydrogen) atoms. The summed E-state index contributed by atoms with van der Waals surface area (Å²) in [7, 11) is 0. The Labute approximate surface area is 101 Å². The van der Waals surface area contributed by atoms with Crippen LogP contribution in [0.15, 0.2) is 18.2 Å². The van der Waals surface area contributed by atoms with Crippen molar-refractivity contribution in [2.45, 2.75) is 18.4 Å². The molecule has 0 spiro atoms. The zero-order chi connectivity index (χ0) is 8.72. The van der Waals surface area contributed by atoms with E-state index in [4.69, 9.17) is 5.73 Å². The Hall–Kier alpha value is 0.144. The topological polar surface area (TPSA) is 26.0 Å². The molecule has 67 valence electrons. The van der Waals surface area contributed by atoms with Crippen molar-refractivity contribution in [3.05, 3.63) is 35.4 Å². The Bertz CT molecular complexity index is 316. The van der Waals surface area contributed by atoms with Crippen molar-refractivity contribution in [1.29, 1.82) is 0 Å². The van der Waals surface area contributed by atoms with Gasteiger partial charge in [-0.15, -0.1) is 0 Å². The summed E-state index contributed by atoms with van der Waals surface area (Å²) >= 11 is 0. The molecule has 1 saturated carbocycles. The third kappa shape index (κ3) is 2.33. The molecule has 0 aliphatic heterocycles. The van der Waals surface area contributed by atoms with Crippen LogP contribution in [-0.4, -0.2) is 6.04 Å². The number of halogens is 2. The molecule has 0 heterocycles. The molecule has 1 aliphatic rings. The predicted octanol–water partition coefficient (Wildman–Crippen LogP) is 1.78. The fourth-order valence-corrected chi connectivity index (χ4v) is 1.34. The number of nitrogens with two attached hydrogens (primary N) is 1. The normalized spacial score (nSPS) is 25.2. The van der Waals surface area contributed by atoms with Crippen molar-refractivity contribution in [1.82, 2.24) is 0 Å². The van der Waals surface area contributed by atoms with E-state index in [9.17, 15) is 8.78 Å². The summed E-state index contributed by atoms with van der Waals surface area (Å²) in [4.78, 5) is 0. The molecule has 0 aromatic heterocycles. The quantitative estimate of drug-likeness (QED) is 0.816. The molecule has 1 aromatic carbocycles. The van der Waals surface area contributed by atoms with Crippen LogP contribution in [0.2, 0.25) is 0 Å². The average molecular weight is 258 g/mol. The van der Waals surface area contributed by atoms with Gasteiger partial charge in [-0.25, -0.2) is 8.78 Å². The molecule has 1 nitrogen and oxygen atoms in total. The van der Waals surface area contributed by atoms with E-state index >= 15 is 0 Å². The Kier molecular flexibility index (Phi) is 3.55. The van der Waals surface area contributed by atoms with Crippen molar-refractivity contribution < 1.29 is 41.5 Å². The maximum Gasteiger partial charge on any atom is 0.159 e. The van der Waals surface area contributed by atoms with E-state index in [1.54, 1.807) is 6.07 Å². The summed E-state index contributed by atoms with van der Waals surface area (Å²) in [6.45, 7) is 0. The second-order valence-corrected chi connectivity index (χ2v) is 3.18. The van der Waals surface area contributed by atoms with Gasteiger partial charge in [-0.05, 0) is 24.1 Å². The smallest absolute Gasteiger partial charge is 0.159 e. The van der Waals surface area contributed by atoms with E-state index in [1.807, 2.05) is 0 Å². The first-order valence-corrected chi connectivity index (χ1v) is 3.89. The zero-order valence-corrected chi connectivity index (χ0v) is 9.84. The van der Waals surface area contributed by atoms with Crippen molar-refractivity contribution >= 4 is 0 Å². The molecule has 1 aromatic rings. The van der Waals surface area contributed by atoms with Crippen LogP contribution in [0.4, 0.5) is 8.78 Å². The van der Waals surface area contributed by atoms with Crippen LogP contribution in [0.3, 0.4) is 0 Å². The molecular weight excluding hydrogens is 249 g/mol. The van der Waals surface area contributed by atoms with Gasteiger partial charge in [-0.3, -0.25) is 0 Å². The van der Waals surface area contributed by atoms with Crippen LogP contribution in [0.1, 0.15) is 17.9 Å². The minimum absolute atomic E-state index is 0. The molecule has 2 rings (SSSR count). The summed E-state index contributed by atoms with van der Waals surface area (Å²) in [5, 5.41) is 0. The molecular formula is C9H9F2NY. The maximum absolute atomic E-state index is 12.7. The SMILES string of the molecule is N[C@@H]1C[C@H]1c1ccc(F)c(F)c1.[Y]. The van der Waals surface area contributed by atoms with Gasteiger partial charge in [-0.2, -0.15) is 0 Å². The minimum Gasteiger partial charge on any atom is -0.327 e. The summed E-state index contributed by atoms with van der Waals surface area (Å²) in [5.41, 5.74) is 6.38. The van der Waals surface area contributed by atoms with Crippen molar-refractivity contribution in [2.24, 2.45) is 5.73 Å². The van der Waals surface area contributed by atoms with Gasteiger partial charge < -0.3 is 5.73 Å². The standard InChI is InChI=1S/C9H9F2N.Y/c10-7-2-1-5(3-8(7)11)6-4-9(6)12;/h1-3,6,9H,4,12H2;/t6-,9+;/m0./s1. The third-order valence-electron chi connectivity index (χ3n) is 2.21. The first-order chi connectivity index (χ1) is 5.68. The first kappa shape index (κ1) is 11.2. The van der Waals surface area contributed by atoms with E-state index < -0.39 is 11.6 Å². The van der Waals surface area contributed by atoms with E-state index in [2.05, 4.69) is 0 Å². The van der Waals surface area contributed by atoms with E-state index in [0.29, 0.717) is 0 Å². The van der Waals surface area contributed by atoms with Gasteiger partial charge in [0, 0.05) is 44.7 Å². The molecule has 0 saturated heterocycles. The molecule has 1 aliphatic carbocycles. The Morgan fingerprint density at radius 3 is 2.31 bits per heavy atom. The zero-order valence-electron chi connectivity index (χ0n) is 7.00. The number of benzene rings is 1. The van der Waals surface area contributed by atoms with E-state index in [0.717, 1.165) is 18.1 Å². The summed E-state index contributed by atoms with van der Waals surface area (Å²) < 4.78 is 25.2. The summed E-state index contributed by atoms with van der Waals surface area (Å²) in [5.74, 6) is -1.35. The van der Waals surface area contributed by atoms with Crippen LogP contribution >= 0.6 is 0 Å². The largest absolute Gasteiger partial charge is 0.327 e. The predicted molar refractivity (Wildman–Crippen MR) is 41.7 cm³/mol. The number of rotatable bonds is 1. The Balaban J connectivity index is 0.000000845. The number of hydrogen-bond acceptors (Lipinski definition) is 1. The molecule has 1 fully saturated rings. The first-order valence-electron chi connectivity index (χ1n) is 3.89. The molecule has 0 unspecified atom stereocenters. The van der Waals surface area contributed by atoms with Crippen molar-refractivity contribution in [3.8, 4) is 0 Å². The summed E-state index contributed by atoms with van der Waals surface area (Å²) in [6, 6.07) is 4.10. The summed E-state index contributed by atoms with van der Waals surface area (Å²) in [6.07, 6.45) is 0.880. The van der Waals surface area contributed by atoms with Crippen LogP contribution in [0.25, 0.3) is 0 Å². The second kappa shape index (κ2) is 4.12. The van der Waals surface area contributed by atoms with Crippen LogP contribution in [0.5, 0.6) is 0 Å². The van der Waals surface area contributed by atoms with Gasteiger partial charge in [0.25, 0.3) is 0 Å². The molecule has 4 heteroatoms. The van der Waals surface area contributed by atoms with E-state index in [1.165, 1.54) is 6.07 Å². The molecule has 1 radical (unpaired) electrons. The number of hydrogen-bond donors (Lipinski definition) is 1. The van der Waals surface area contributed by atoms with Crippen LogP contribution < -0.4 is 5.73 Å². The van der Waals surface area contributed by atoms with Crippen LogP contribution in [-0.2, 0) is 32.7 Å². The fourth-order valence-electron chi connectivity index (χ4n) is 1.34. The third-order valence-corrected chi connectivity index (χ3v) is 2.21. The van der Waals surface area contributed by atoms with Crippen LogP contribution in [0, 0.1) is 11.6 Å². The molecule has 2 N–H and O–H groups in total. The van der Waals surface area contributed by atoms with Gasteiger partial charge in [0.05, 0.1) is 0 Å².